The number of halogens is 1. The van der Waals surface area contributed by atoms with Crippen LogP contribution in [0.2, 0.25) is 5.02 Å². The standard InChI is InChI=1S/C27H35ClN8O3/c1-32-24-23(25(38)36(27(32)39)16-22(37)30-21-15-33-11-8-17(21)9-12-33)35(13-18-5-2-3-7-20(18)28)26(31-24)34-10-4-6-19(29)14-34/h2-3,5,7,17,19,21H,4,6,8-16,29H2,1H3,(H,30,37). The van der Waals surface area contributed by atoms with E-state index in [4.69, 9.17) is 22.3 Å². The maximum Gasteiger partial charge on any atom is 0.332 e. The lowest BCUT2D eigenvalue weighted by Crippen LogP contribution is -2.58. The number of hydrogen-bond donors (Lipinski definition) is 2. The third-order valence-electron chi connectivity index (χ3n) is 8.54. The van der Waals surface area contributed by atoms with E-state index in [2.05, 4.69) is 15.1 Å². The van der Waals surface area contributed by atoms with Gasteiger partial charge in [0, 0.05) is 43.8 Å². The molecule has 39 heavy (non-hydrogen) atoms. The van der Waals surface area contributed by atoms with E-state index >= 15 is 0 Å². The summed E-state index contributed by atoms with van der Waals surface area (Å²) in [5, 5.41) is 3.67. The normalized spacial score (nSPS) is 24.8. The Morgan fingerprint density at radius 2 is 1.87 bits per heavy atom. The highest BCUT2D eigenvalue weighted by Gasteiger charge is 2.35. The molecule has 1 amide bonds. The predicted octanol–water partition coefficient (Wildman–Crippen LogP) is 0.736. The number of hydrogen-bond acceptors (Lipinski definition) is 7. The first kappa shape index (κ1) is 26.1. The molecule has 2 bridgehead atoms. The molecule has 2 unspecified atom stereocenters. The fourth-order valence-electron chi connectivity index (χ4n) is 6.40. The summed E-state index contributed by atoms with van der Waals surface area (Å²) < 4.78 is 4.20. The molecule has 3 aromatic rings. The van der Waals surface area contributed by atoms with E-state index in [1.54, 1.807) is 13.1 Å². The summed E-state index contributed by atoms with van der Waals surface area (Å²) in [5.74, 6) is 0.685. The number of amides is 1. The zero-order valence-corrected chi connectivity index (χ0v) is 22.9. The highest BCUT2D eigenvalue weighted by Crippen LogP contribution is 2.28. The fraction of sp³-hybridized carbons (Fsp3) is 0.556. The quantitative estimate of drug-likeness (QED) is 0.460. The molecule has 4 aliphatic rings. The van der Waals surface area contributed by atoms with Crippen LogP contribution in [0.4, 0.5) is 5.95 Å². The number of anilines is 1. The summed E-state index contributed by atoms with van der Waals surface area (Å²) in [6.45, 7) is 4.22. The molecule has 1 aromatic carbocycles. The summed E-state index contributed by atoms with van der Waals surface area (Å²) in [6.07, 6.45) is 3.94. The van der Waals surface area contributed by atoms with E-state index in [0.717, 1.165) is 62.0 Å². The Morgan fingerprint density at radius 1 is 1.10 bits per heavy atom. The number of nitrogens with two attached hydrogens (primary N) is 1. The van der Waals surface area contributed by atoms with Gasteiger partial charge in [-0.25, -0.2) is 9.36 Å². The second-order valence-electron chi connectivity index (χ2n) is 11.2. The third-order valence-corrected chi connectivity index (χ3v) is 8.91. The molecule has 0 saturated carbocycles. The average Bonchev–Trinajstić information content (AvgIpc) is 3.31. The minimum atomic E-state index is -0.569. The number of rotatable bonds is 6. The third kappa shape index (κ3) is 4.87. The van der Waals surface area contributed by atoms with Gasteiger partial charge < -0.3 is 20.9 Å². The number of aryl methyl sites for hydroxylation is 1. The highest BCUT2D eigenvalue weighted by atomic mass is 35.5. The average molecular weight is 555 g/mol. The van der Waals surface area contributed by atoms with Crippen LogP contribution < -0.4 is 27.2 Å². The number of piperidine rings is 4. The molecule has 6 heterocycles. The number of nitrogens with zero attached hydrogens (tertiary/aromatic N) is 6. The second-order valence-corrected chi connectivity index (χ2v) is 11.6. The van der Waals surface area contributed by atoms with Gasteiger partial charge in [0.2, 0.25) is 11.9 Å². The van der Waals surface area contributed by atoms with Gasteiger partial charge in [0.15, 0.2) is 11.2 Å². The number of imidazole rings is 1. The zero-order chi connectivity index (χ0) is 27.3. The van der Waals surface area contributed by atoms with Crippen LogP contribution in [-0.4, -0.2) is 74.3 Å². The first-order valence-corrected chi connectivity index (χ1v) is 14.1. The van der Waals surface area contributed by atoms with Crippen molar-refractivity contribution in [3.63, 3.8) is 0 Å². The van der Waals surface area contributed by atoms with E-state index in [-0.39, 0.29) is 42.2 Å². The number of carbonyl (C=O) groups excluding carboxylic acids is 1. The van der Waals surface area contributed by atoms with Crippen molar-refractivity contribution < 1.29 is 4.79 Å². The lowest BCUT2D eigenvalue weighted by Gasteiger charge is -2.44. The molecule has 2 aromatic heterocycles. The van der Waals surface area contributed by atoms with Gasteiger partial charge in [0.05, 0.1) is 6.54 Å². The van der Waals surface area contributed by atoms with E-state index in [1.165, 1.54) is 4.57 Å². The zero-order valence-electron chi connectivity index (χ0n) is 22.2. The van der Waals surface area contributed by atoms with Crippen LogP contribution in [0.5, 0.6) is 0 Å². The van der Waals surface area contributed by atoms with E-state index in [9.17, 15) is 14.4 Å². The summed E-state index contributed by atoms with van der Waals surface area (Å²) in [6, 6.07) is 7.49. The van der Waals surface area contributed by atoms with E-state index < -0.39 is 11.2 Å². The van der Waals surface area contributed by atoms with Crippen LogP contribution in [0.3, 0.4) is 0 Å². The Morgan fingerprint density at radius 3 is 2.56 bits per heavy atom. The Bertz CT molecular complexity index is 1520. The van der Waals surface area contributed by atoms with Crippen LogP contribution in [0, 0.1) is 5.92 Å². The highest BCUT2D eigenvalue weighted by molar-refractivity contribution is 6.31. The molecule has 7 rings (SSSR count). The molecule has 11 nitrogen and oxygen atoms in total. The number of fused-ring (bicyclic) bond motifs is 4. The maximum absolute atomic E-state index is 13.9. The molecular weight excluding hydrogens is 520 g/mol. The van der Waals surface area contributed by atoms with Crippen molar-refractivity contribution >= 4 is 34.6 Å². The van der Waals surface area contributed by atoms with E-state index in [0.29, 0.717) is 23.4 Å². The maximum atomic E-state index is 13.9. The number of aromatic nitrogens is 4. The topological polar surface area (TPSA) is 123 Å². The molecule has 208 valence electrons. The molecular formula is C27H35ClN8O3. The van der Waals surface area contributed by atoms with Gasteiger partial charge in [0.1, 0.15) is 6.54 Å². The summed E-state index contributed by atoms with van der Waals surface area (Å²) in [4.78, 5) is 49.6. The van der Waals surface area contributed by atoms with Crippen LogP contribution in [-0.2, 0) is 24.9 Å². The van der Waals surface area contributed by atoms with Crippen molar-refractivity contribution in [2.24, 2.45) is 18.7 Å². The molecule has 0 spiro atoms. The van der Waals surface area contributed by atoms with Gasteiger partial charge >= 0.3 is 5.69 Å². The molecule has 3 N–H and O–H groups in total. The second kappa shape index (κ2) is 10.4. The molecule has 12 heteroatoms. The fourth-order valence-corrected chi connectivity index (χ4v) is 6.60. The number of carbonyl (C=O) groups is 1. The van der Waals surface area contributed by atoms with Crippen molar-refractivity contribution in [2.75, 3.05) is 37.6 Å². The smallest absolute Gasteiger partial charge is 0.332 e. The molecule has 4 aliphatic heterocycles. The lowest BCUT2D eigenvalue weighted by molar-refractivity contribution is -0.123. The van der Waals surface area contributed by atoms with Crippen molar-refractivity contribution in [1.29, 1.82) is 0 Å². The van der Waals surface area contributed by atoms with Crippen molar-refractivity contribution in [1.82, 2.24) is 28.9 Å². The Hall–Kier alpha value is -3.15. The molecule has 0 radical (unpaired) electrons. The Labute approximate surface area is 231 Å². The summed E-state index contributed by atoms with van der Waals surface area (Å²) >= 11 is 6.51. The Kier molecular flexibility index (Phi) is 6.98. The van der Waals surface area contributed by atoms with Gasteiger partial charge in [-0.2, -0.15) is 4.98 Å². The van der Waals surface area contributed by atoms with Crippen molar-refractivity contribution in [3.05, 3.63) is 55.7 Å². The van der Waals surface area contributed by atoms with Gasteiger partial charge in [0.25, 0.3) is 5.56 Å². The first-order chi connectivity index (χ1) is 18.8. The van der Waals surface area contributed by atoms with Crippen LogP contribution in [0.25, 0.3) is 11.2 Å². The van der Waals surface area contributed by atoms with Crippen LogP contribution >= 0.6 is 11.6 Å². The van der Waals surface area contributed by atoms with E-state index in [1.807, 2.05) is 22.8 Å². The molecule has 2 atom stereocenters. The number of nitrogens with one attached hydrogen (secondary N) is 1. The SMILES string of the molecule is Cn1c(=O)n(CC(=O)NC2CN3CCC2CC3)c(=O)c2c1nc(N1CCCC(N)C1)n2Cc1ccccc1Cl. The van der Waals surface area contributed by atoms with Crippen LogP contribution in [0.1, 0.15) is 31.2 Å². The molecule has 4 saturated heterocycles. The van der Waals surface area contributed by atoms with Crippen LogP contribution in [0.15, 0.2) is 33.9 Å². The lowest BCUT2D eigenvalue weighted by atomic mass is 9.84. The first-order valence-electron chi connectivity index (χ1n) is 13.8. The number of benzene rings is 1. The minimum Gasteiger partial charge on any atom is -0.350 e. The van der Waals surface area contributed by atoms with Gasteiger partial charge in [-0.05, 0) is 56.3 Å². The monoisotopic (exact) mass is 554 g/mol. The summed E-state index contributed by atoms with van der Waals surface area (Å²) in [5.41, 5.74) is 6.53. The Balaban J connectivity index is 1.41. The van der Waals surface area contributed by atoms with Crippen molar-refractivity contribution in [2.45, 2.75) is 50.9 Å². The predicted molar refractivity (Wildman–Crippen MR) is 150 cm³/mol. The largest absolute Gasteiger partial charge is 0.350 e. The summed E-state index contributed by atoms with van der Waals surface area (Å²) in [7, 11) is 1.59. The van der Waals surface area contributed by atoms with Gasteiger partial charge in [-0.3, -0.25) is 18.7 Å². The molecule has 0 aliphatic carbocycles. The van der Waals surface area contributed by atoms with Gasteiger partial charge in [-0.1, -0.05) is 29.8 Å². The van der Waals surface area contributed by atoms with Crippen molar-refractivity contribution in [3.8, 4) is 0 Å². The molecule has 4 fully saturated rings. The minimum absolute atomic E-state index is 0.0112. The van der Waals surface area contributed by atoms with Gasteiger partial charge in [-0.15, -0.1) is 0 Å².